The summed E-state index contributed by atoms with van der Waals surface area (Å²) in [6.45, 7) is 3.96. The van der Waals surface area contributed by atoms with Crippen LogP contribution in [0.15, 0.2) is 48.9 Å². The van der Waals surface area contributed by atoms with Gasteiger partial charge in [0.05, 0.1) is 0 Å². The lowest BCUT2D eigenvalue weighted by Gasteiger charge is -2.28. The summed E-state index contributed by atoms with van der Waals surface area (Å²) in [6.07, 6.45) is 9.26. The summed E-state index contributed by atoms with van der Waals surface area (Å²) in [5, 5.41) is 7.04. The Morgan fingerprint density at radius 1 is 0.903 bits per heavy atom. The minimum absolute atomic E-state index is 0.432. The molecule has 5 heterocycles. The first-order chi connectivity index (χ1) is 15.1. The van der Waals surface area contributed by atoms with Crippen LogP contribution in [0.5, 0.6) is 0 Å². The highest BCUT2D eigenvalue weighted by Gasteiger charge is 2.15. The van der Waals surface area contributed by atoms with E-state index in [0.717, 1.165) is 35.8 Å². The number of pyridine rings is 2. The summed E-state index contributed by atoms with van der Waals surface area (Å²) < 4.78 is 1.96. The molecule has 0 atom stereocenters. The third-order valence-electron chi connectivity index (χ3n) is 5.24. The largest absolute Gasteiger partial charge is 0.356 e. The average Bonchev–Trinajstić information content (AvgIpc) is 3.21. The predicted octanol–water partition coefficient (Wildman–Crippen LogP) is 4.96. The van der Waals surface area contributed by atoms with Crippen LogP contribution < -0.4 is 15.5 Å². The van der Waals surface area contributed by atoms with E-state index in [4.69, 9.17) is 16.6 Å². The van der Waals surface area contributed by atoms with Crippen LogP contribution in [0.25, 0.3) is 5.65 Å². The van der Waals surface area contributed by atoms with E-state index < -0.39 is 0 Å². The molecule has 0 aromatic carbocycles. The summed E-state index contributed by atoms with van der Waals surface area (Å²) in [5.74, 6) is 2.68. The molecule has 0 amide bonds. The Balaban J connectivity index is 1.48. The molecule has 8 nitrogen and oxygen atoms in total. The smallest absolute Gasteiger partial charge is 0.232 e. The second-order valence-corrected chi connectivity index (χ2v) is 8.08. The Morgan fingerprint density at radius 2 is 1.74 bits per heavy atom. The standard InChI is InChI=1S/C22H23ClN8/c1-15-11-17(23)26-18(12-15)27-22-28-19(14-21(29-22)30-7-3-2-4-8-30)25-16-5-9-31-10-6-24-20(31)13-16/h5-6,9-14H,2-4,7-8H2,1H3,(H2,25,26,27,28,29). The van der Waals surface area contributed by atoms with Crippen molar-refractivity contribution in [3.8, 4) is 0 Å². The lowest BCUT2D eigenvalue weighted by molar-refractivity contribution is 0.573. The molecule has 0 saturated carbocycles. The number of rotatable bonds is 5. The summed E-state index contributed by atoms with van der Waals surface area (Å²) >= 11 is 6.13. The molecule has 4 aromatic heterocycles. The van der Waals surface area contributed by atoms with E-state index in [1.807, 2.05) is 54.0 Å². The third-order valence-corrected chi connectivity index (χ3v) is 5.43. The Bertz CT molecular complexity index is 1200. The highest BCUT2D eigenvalue weighted by Crippen LogP contribution is 2.26. The highest BCUT2D eigenvalue weighted by molar-refractivity contribution is 6.29. The van der Waals surface area contributed by atoms with Crippen molar-refractivity contribution in [2.24, 2.45) is 0 Å². The molecule has 2 N–H and O–H groups in total. The van der Waals surface area contributed by atoms with Gasteiger partial charge in [-0.1, -0.05) is 11.6 Å². The molecule has 4 aromatic rings. The van der Waals surface area contributed by atoms with Crippen LogP contribution in [-0.2, 0) is 0 Å². The fourth-order valence-electron chi connectivity index (χ4n) is 3.78. The zero-order valence-corrected chi connectivity index (χ0v) is 18.0. The van der Waals surface area contributed by atoms with E-state index in [9.17, 15) is 0 Å². The van der Waals surface area contributed by atoms with E-state index in [1.54, 1.807) is 6.20 Å². The molecule has 31 heavy (non-hydrogen) atoms. The lowest BCUT2D eigenvalue weighted by atomic mass is 10.1. The third kappa shape index (κ3) is 4.54. The van der Waals surface area contributed by atoms with Crippen LogP contribution in [0.2, 0.25) is 5.15 Å². The second-order valence-electron chi connectivity index (χ2n) is 7.69. The molecule has 5 rings (SSSR count). The normalized spacial score (nSPS) is 14.1. The molecule has 0 radical (unpaired) electrons. The Labute approximate surface area is 185 Å². The van der Waals surface area contributed by atoms with E-state index in [1.165, 1.54) is 19.3 Å². The number of aromatic nitrogens is 5. The maximum Gasteiger partial charge on any atom is 0.232 e. The van der Waals surface area contributed by atoms with Gasteiger partial charge >= 0.3 is 0 Å². The number of nitrogens with one attached hydrogen (secondary N) is 2. The van der Waals surface area contributed by atoms with Crippen molar-refractivity contribution in [3.05, 3.63) is 59.6 Å². The molecule has 1 fully saturated rings. The number of hydrogen-bond acceptors (Lipinski definition) is 7. The predicted molar refractivity (Wildman–Crippen MR) is 124 cm³/mol. The molecular weight excluding hydrogens is 412 g/mol. The number of piperidine rings is 1. The molecule has 1 saturated heterocycles. The van der Waals surface area contributed by atoms with Crippen LogP contribution in [0, 0.1) is 6.92 Å². The monoisotopic (exact) mass is 434 g/mol. The van der Waals surface area contributed by atoms with Gasteiger partial charge in [0.2, 0.25) is 5.95 Å². The maximum atomic E-state index is 6.13. The van der Waals surface area contributed by atoms with Gasteiger partial charge in [-0.25, -0.2) is 9.97 Å². The lowest BCUT2D eigenvalue weighted by Crippen LogP contribution is -2.30. The zero-order valence-electron chi connectivity index (χ0n) is 17.2. The molecule has 1 aliphatic heterocycles. The fraction of sp³-hybridized carbons (Fsp3) is 0.273. The number of hydrogen-bond donors (Lipinski definition) is 2. The molecule has 9 heteroatoms. The minimum Gasteiger partial charge on any atom is -0.356 e. The van der Waals surface area contributed by atoms with Crippen LogP contribution in [-0.4, -0.2) is 37.4 Å². The van der Waals surface area contributed by atoms with Gasteiger partial charge in [-0.15, -0.1) is 0 Å². The van der Waals surface area contributed by atoms with Crippen LogP contribution >= 0.6 is 11.6 Å². The number of fused-ring (bicyclic) bond motifs is 1. The molecule has 0 unspecified atom stereocenters. The van der Waals surface area contributed by atoms with E-state index in [2.05, 4.69) is 30.5 Å². The van der Waals surface area contributed by atoms with Gasteiger partial charge in [0.1, 0.15) is 28.3 Å². The van der Waals surface area contributed by atoms with Gasteiger partial charge < -0.3 is 19.9 Å². The number of aryl methyl sites for hydroxylation is 1. The molecule has 0 bridgehead atoms. The molecule has 1 aliphatic rings. The first kappa shape index (κ1) is 19.6. The molecule has 0 spiro atoms. The second kappa shape index (κ2) is 8.39. The summed E-state index contributed by atoms with van der Waals surface area (Å²) in [6, 6.07) is 9.70. The van der Waals surface area contributed by atoms with Crippen molar-refractivity contribution in [2.45, 2.75) is 26.2 Å². The van der Waals surface area contributed by atoms with Gasteiger partial charge in [0, 0.05) is 49.5 Å². The van der Waals surface area contributed by atoms with Crippen molar-refractivity contribution in [2.75, 3.05) is 28.6 Å². The minimum atomic E-state index is 0.432. The van der Waals surface area contributed by atoms with E-state index in [-0.39, 0.29) is 0 Å². The summed E-state index contributed by atoms with van der Waals surface area (Å²) in [5.41, 5.74) is 2.79. The van der Waals surface area contributed by atoms with Gasteiger partial charge in [-0.3, -0.25) is 0 Å². The van der Waals surface area contributed by atoms with E-state index >= 15 is 0 Å². The molecular formula is C22H23ClN8. The Kier molecular flexibility index (Phi) is 5.30. The number of anilines is 5. The molecule has 158 valence electrons. The van der Waals surface area contributed by atoms with Crippen molar-refractivity contribution in [1.29, 1.82) is 0 Å². The van der Waals surface area contributed by atoms with Crippen molar-refractivity contribution < 1.29 is 0 Å². The van der Waals surface area contributed by atoms with E-state index in [0.29, 0.717) is 22.7 Å². The van der Waals surface area contributed by atoms with Crippen LogP contribution in [0.4, 0.5) is 29.1 Å². The number of halogens is 1. The van der Waals surface area contributed by atoms with Crippen molar-refractivity contribution >= 4 is 46.3 Å². The van der Waals surface area contributed by atoms with Crippen molar-refractivity contribution in [1.82, 2.24) is 24.3 Å². The number of imidazole rings is 1. The SMILES string of the molecule is Cc1cc(Cl)nc(Nc2nc(Nc3ccn4ccnc4c3)cc(N3CCCCC3)n2)c1. The van der Waals surface area contributed by atoms with Crippen LogP contribution in [0.1, 0.15) is 24.8 Å². The maximum absolute atomic E-state index is 6.13. The Morgan fingerprint density at radius 3 is 2.58 bits per heavy atom. The highest BCUT2D eigenvalue weighted by atomic mass is 35.5. The van der Waals surface area contributed by atoms with Gasteiger partial charge in [0.25, 0.3) is 0 Å². The zero-order chi connectivity index (χ0) is 21.2. The van der Waals surface area contributed by atoms with Gasteiger partial charge in [-0.2, -0.15) is 9.97 Å². The fourth-order valence-corrected chi connectivity index (χ4v) is 4.04. The van der Waals surface area contributed by atoms with Gasteiger partial charge in [-0.05, 0) is 49.9 Å². The Hall–Kier alpha value is -3.39. The summed E-state index contributed by atoms with van der Waals surface area (Å²) in [7, 11) is 0. The van der Waals surface area contributed by atoms with Crippen LogP contribution in [0.3, 0.4) is 0 Å². The molecule has 0 aliphatic carbocycles. The van der Waals surface area contributed by atoms with Gasteiger partial charge in [0.15, 0.2) is 0 Å². The summed E-state index contributed by atoms with van der Waals surface area (Å²) in [4.78, 5) is 20.4. The topological polar surface area (TPSA) is 83.3 Å². The average molecular weight is 435 g/mol. The first-order valence-corrected chi connectivity index (χ1v) is 10.8. The number of nitrogens with zero attached hydrogens (tertiary/aromatic N) is 6. The first-order valence-electron chi connectivity index (χ1n) is 10.4. The van der Waals surface area contributed by atoms with Crippen molar-refractivity contribution in [3.63, 3.8) is 0 Å². The quantitative estimate of drug-likeness (QED) is 0.429.